The number of aliphatic carboxylic acids is 1. The molecule has 0 heterocycles. The van der Waals surface area contributed by atoms with Gasteiger partial charge in [0, 0.05) is 12.8 Å². The van der Waals surface area contributed by atoms with Gasteiger partial charge in [0.25, 0.3) is 0 Å². The fraction of sp³-hybridized carbons (Fsp3) is 0.810. The van der Waals surface area contributed by atoms with Crippen LogP contribution in [0.2, 0.25) is 0 Å². The molecule has 2 rings (SSSR count). The van der Waals surface area contributed by atoms with E-state index in [0.717, 1.165) is 25.7 Å². The van der Waals surface area contributed by atoms with Crippen LogP contribution in [0, 0.1) is 5.41 Å². The van der Waals surface area contributed by atoms with Crippen molar-refractivity contribution >= 4 is 11.9 Å². The summed E-state index contributed by atoms with van der Waals surface area (Å²) >= 11 is 0. The van der Waals surface area contributed by atoms with Crippen LogP contribution in [-0.4, -0.2) is 23.1 Å². The van der Waals surface area contributed by atoms with E-state index in [9.17, 15) is 9.59 Å². The van der Waals surface area contributed by atoms with Gasteiger partial charge in [-0.2, -0.15) is 0 Å². The Morgan fingerprint density at radius 1 is 1.12 bits per heavy atom. The molecule has 4 heteroatoms. The lowest BCUT2D eigenvalue weighted by Gasteiger charge is -2.36. The minimum Gasteiger partial charge on any atom is -0.481 e. The predicted molar refractivity (Wildman–Crippen MR) is 100 cm³/mol. The van der Waals surface area contributed by atoms with E-state index in [1.807, 2.05) is 13.0 Å². The molecule has 0 atom stereocenters. The van der Waals surface area contributed by atoms with Crippen molar-refractivity contribution in [1.82, 2.24) is 0 Å². The summed E-state index contributed by atoms with van der Waals surface area (Å²) in [5, 5.41) is 8.70. The van der Waals surface area contributed by atoms with Crippen molar-refractivity contribution in [2.75, 3.05) is 0 Å². The van der Waals surface area contributed by atoms with Crippen molar-refractivity contribution < 1.29 is 19.4 Å². The van der Waals surface area contributed by atoms with Gasteiger partial charge in [-0.25, -0.2) is 0 Å². The lowest BCUT2D eigenvalue weighted by atomic mass is 9.69. The molecule has 25 heavy (non-hydrogen) atoms. The van der Waals surface area contributed by atoms with Crippen molar-refractivity contribution in [2.45, 2.75) is 103 Å². The minimum atomic E-state index is -0.668. The Labute approximate surface area is 153 Å². The number of carboxylic acid groups (broad SMARTS) is 1. The second-order valence-corrected chi connectivity index (χ2v) is 7.55. The average Bonchev–Trinajstić information content (AvgIpc) is 2.62. The van der Waals surface area contributed by atoms with Crippen molar-refractivity contribution in [3.05, 3.63) is 12.7 Å². The van der Waals surface area contributed by atoms with Crippen LogP contribution in [0.15, 0.2) is 12.7 Å². The normalized spacial score (nSPS) is 20.0. The molecule has 1 N–H and O–H groups in total. The van der Waals surface area contributed by atoms with Gasteiger partial charge >= 0.3 is 11.9 Å². The van der Waals surface area contributed by atoms with E-state index in [-0.39, 0.29) is 17.5 Å². The zero-order valence-electron chi connectivity index (χ0n) is 15.9. The first-order valence-corrected chi connectivity index (χ1v) is 10.0. The molecular formula is C21H36O4. The molecule has 144 valence electrons. The lowest BCUT2D eigenvalue weighted by molar-refractivity contribution is -0.150. The van der Waals surface area contributed by atoms with Gasteiger partial charge in [0.15, 0.2) is 0 Å². The quantitative estimate of drug-likeness (QED) is 0.475. The number of hydrogen-bond acceptors (Lipinski definition) is 3. The molecule has 4 nitrogen and oxygen atoms in total. The Hall–Kier alpha value is -1.32. The highest BCUT2D eigenvalue weighted by Crippen LogP contribution is 2.43. The van der Waals surface area contributed by atoms with E-state index in [1.165, 1.54) is 51.4 Å². The molecule has 0 aromatic carbocycles. The standard InChI is InChI=1S/C12H20O2.C9H16O2/c1-2-7-12(10-6-11(13)14)8-4-3-5-9-12;1-2-9(10)11-8-6-4-3-5-7-8/h2H,1,3-10H2,(H,13,14);8H,2-7H2,1H3. The highest BCUT2D eigenvalue weighted by Gasteiger charge is 2.30. The second-order valence-electron chi connectivity index (χ2n) is 7.55. The summed E-state index contributed by atoms with van der Waals surface area (Å²) in [6.45, 7) is 5.62. The first-order valence-electron chi connectivity index (χ1n) is 10.0. The second kappa shape index (κ2) is 12.1. The summed E-state index contributed by atoms with van der Waals surface area (Å²) in [7, 11) is 0. The molecular weight excluding hydrogens is 316 g/mol. The molecule has 0 unspecified atom stereocenters. The highest BCUT2D eigenvalue weighted by atomic mass is 16.5. The molecule has 0 bridgehead atoms. The van der Waals surface area contributed by atoms with Gasteiger partial charge in [0.05, 0.1) is 0 Å². The van der Waals surface area contributed by atoms with Crippen molar-refractivity contribution in [3.63, 3.8) is 0 Å². The number of allylic oxidation sites excluding steroid dienone is 1. The molecule has 2 fully saturated rings. The maximum absolute atomic E-state index is 10.9. The SMILES string of the molecule is C=CCC1(CCC(=O)O)CCCCC1.CCC(=O)OC1CCCCC1. The third kappa shape index (κ3) is 9.08. The van der Waals surface area contributed by atoms with Crippen molar-refractivity contribution in [2.24, 2.45) is 5.41 Å². The number of esters is 1. The minimum absolute atomic E-state index is 0.0445. The molecule has 0 amide bonds. The van der Waals surface area contributed by atoms with Gasteiger partial charge in [-0.1, -0.05) is 38.7 Å². The maximum atomic E-state index is 10.9. The maximum Gasteiger partial charge on any atom is 0.305 e. The molecule has 2 saturated carbocycles. The summed E-state index contributed by atoms with van der Waals surface area (Å²) in [6.07, 6.45) is 16.9. The number of carbonyl (C=O) groups excluding carboxylic acids is 1. The zero-order chi connectivity index (χ0) is 18.5. The van der Waals surface area contributed by atoms with E-state index in [2.05, 4.69) is 6.58 Å². The van der Waals surface area contributed by atoms with Crippen LogP contribution in [0.5, 0.6) is 0 Å². The Morgan fingerprint density at radius 3 is 2.24 bits per heavy atom. The fourth-order valence-electron chi connectivity index (χ4n) is 3.99. The van der Waals surface area contributed by atoms with Crippen LogP contribution in [-0.2, 0) is 14.3 Å². The third-order valence-corrected chi connectivity index (χ3v) is 5.50. The first-order chi connectivity index (χ1) is 12.0. The van der Waals surface area contributed by atoms with Gasteiger partial charge in [-0.05, 0) is 56.8 Å². The number of carboxylic acids is 1. The summed E-state index contributed by atoms with van der Waals surface area (Å²) in [6, 6.07) is 0. The molecule has 0 saturated heterocycles. The van der Waals surface area contributed by atoms with Crippen molar-refractivity contribution in [1.29, 1.82) is 0 Å². The van der Waals surface area contributed by atoms with E-state index in [0.29, 0.717) is 12.8 Å². The Morgan fingerprint density at radius 2 is 1.72 bits per heavy atom. The number of hydrogen-bond donors (Lipinski definition) is 1. The van der Waals surface area contributed by atoms with Gasteiger partial charge < -0.3 is 9.84 Å². The number of rotatable bonds is 7. The highest BCUT2D eigenvalue weighted by molar-refractivity contribution is 5.69. The zero-order valence-corrected chi connectivity index (χ0v) is 15.9. The average molecular weight is 353 g/mol. The summed E-state index contributed by atoms with van der Waals surface area (Å²) in [5.74, 6) is -0.712. The first kappa shape index (κ1) is 21.7. The van der Waals surface area contributed by atoms with Gasteiger partial charge in [0.1, 0.15) is 6.10 Å². The Balaban J connectivity index is 0.000000257. The van der Waals surface area contributed by atoms with Crippen LogP contribution < -0.4 is 0 Å². The lowest BCUT2D eigenvalue weighted by Crippen LogP contribution is -2.24. The van der Waals surface area contributed by atoms with Gasteiger partial charge in [-0.15, -0.1) is 6.58 Å². The van der Waals surface area contributed by atoms with Crippen LogP contribution >= 0.6 is 0 Å². The number of carbonyl (C=O) groups is 2. The van der Waals surface area contributed by atoms with E-state index in [1.54, 1.807) is 0 Å². The van der Waals surface area contributed by atoms with Gasteiger partial charge in [0.2, 0.25) is 0 Å². The topological polar surface area (TPSA) is 63.6 Å². The van der Waals surface area contributed by atoms with Crippen LogP contribution in [0.1, 0.15) is 96.8 Å². The monoisotopic (exact) mass is 352 g/mol. The third-order valence-electron chi connectivity index (χ3n) is 5.50. The fourth-order valence-corrected chi connectivity index (χ4v) is 3.99. The van der Waals surface area contributed by atoms with E-state index in [4.69, 9.17) is 9.84 Å². The van der Waals surface area contributed by atoms with E-state index < -0.39 is 5.97 Å². The summed E-state index contributed by atoms with van der Waals surface area (Å²) in [4.78, 5) is 21.4. The van der Waals surface area contributed by atoms with Crippen molar-refractivity contribution in [3.8, 4) is 0 Å². The predicted octanol–water partition coefficient (Wildman–Crippen LogP) is 5.65. The smallest absolute Gasteiger partial charge is 0.305 e. The molecule has 0 radical (unpaired) electrons. The summed E-state index contributed by atoms with van der Waals surface area (Å²) in [5.41, 5.74) is 0.262. The van der Waals surface area contributed by atoms with Crippen LogP contribution in [0.4, 0.5) is 0 Å². The van der Waals surface area contributed by atoms with Crippen LogP contribution in [0.3, 0.4) is 0 Å². The molecule has 0 spiro atoms. The largest absolute Gasteiger partial charge is 0.481 e. The Bertz CT molecular complexity index is 404. The molecule has 2 aliphatic carbocycles. The van der Waals surface area contributed by atoms with Gasteiger partial charge in [-0.3, -0.25) is 9.59 Å². The van der Waals surface area contributed by atoms with E-state index >= 15 is 0 Å². The molecule has 2 aliphatic rings. The van der Waals surface area contributed by atoms with Crippen LogP contribution in [0.25, 0.3) is 0 Å². The molecule has 0 aliphatic heterocycles. The molecule has 0 aromatic rings. The Kier molecular flexibility index (Phi) is 10.5. The molecule has 0 aromatic heterocycles. The number of ether oxygens (including phenoxy) is 1. The summed E-state index contributed by atoms with van der Waals surface area (Å²) < 4.78 is 5.20.